The van der Waals surface area contributed by atoms with Crippen molar-refractivity contribution < 1.29 is 9.53 Å². The van der Waals surface area contributed by atoms with Gasteiger partial charge in [-0.1, -0.05) is 30.3 Å². The van der Waals surface area contributed by atoms with Gasteiger partial charge < -0.3 is 4.74 Å². The second kappa shape index (κ2) is 4.82. The van der Waals surface area contributed by atoms with E-state index >= 15 is 0 Å². The third-order valence-electron chi connectivity index (χ3n) is 1.67. The zero-order chi connectivity index (χ0) is 10.6. The van der Waals surface area contributed by atoms with E-state index in [4.69, 9.17) is 16.3 Å². The van der Waals surface area contributed by atoms with Crippen molar-refractivity contribution in [2.45, 2.75) is 13.8 Å². The van der Waals surface area contributed by atoms with Crippen molar-refractivity contribution in [1.29, 1.82) is 0 Å². The molecule has 0 N–H and O–H groups in total. The summed E-state index contributed by atoms with van der Waals surface area (Å²) >= 11 is 5.17. The lowest BCUT2D eigenvalue weighted by Gasteiger charge is -2.07. The monoisotopic (exact) mass is 210 g/mol. The van der Waals surface area contributed by atoms with E-state index in [-0.39, 0.29) is 0 Å². The molecule has 0 aromatic heterocycles. The molecule has 0 amide bonds. The average molecular weight is 211 g/mol. The predicted octanol–water partition coefficient (Wildman–Crippen LogP) is 3.81. The van der Waals surface area contributed by atoms with E-state index in [2.05, 4.69) is 0 Å². The summed E-state index contributed by atoms with van der Waals surface area (Å²) < 4.78 is 4.90. The minimum Gasteiger partial charge on any atom is -0.414 e. The quantitative estimate of drug-likeness (QED) is 0.548. The van der Waals surface area contributed by atoms with E-state index < -0.39 is 5.43 Å². The molecule has 0 spiro atoms. The van der Waals surface area contributed by atoms with Crippen LogP contribution in [0.5, 0.6) is 0 Å². The van der Waals surface area contributed by atoms with Crippen molar-refractivity contribution in [3.8, 4) is 0 Å². The number of carbonyl (C=O) groups is 1. The van der Waals surface area contributed by atoms with Crippen molar-refractivity contribution in [3.63, 3.8) is 0 Å². The fraction of sp³-hybridized carbons (Fsp3) is 0.182. The minimum atomic E-state index is -0.815. The number of ether oxygens (including phenoxy) is 1. The minimum absolute atomic E-state index is 0.519. The van der Waals surface area contributed by atoms with Crippen LogP contribution in [0.2, 0.25) is 0 Å². The van der Waals surface area contributed by atoms with Gasteiger partial charge in [0.2, 0.25) is 0 Å². The normalized spacial score (nSPS) is 9.36. The molecule has 0 heterocycles. The van der Waals surface area contributed by atoms with Crippen molar-refractivity contribution in [2.24, 2.45) is 0 Å². The highest BCUT2D eigenvalue weighted by Gasteiger charge is 2.07. The van der Waals surface area contributed by atoms with Gasteiger partial charge in [0, 0.05) is 17.2 Å². The van der Waals surface area contributed by atoms with E-state index in [1.807, 2.05) is 44.2 Å². The Bertz CT molecular complexity index is 351. The fourth-order valence-electron chi connectivity index (χ4n) is 1.12. The first-order valence-corrected chi connectivity index (χ1v) is 4.59. The zero-order valence-corrected chi connectivity index (χ0v) is 8.84. The number of allylic oxidation sites excluding steroid dienone is 1. The first-order valence-electron chi connectivity index (χ1n) is 4.21. The lowest BCUT2D eigenvalue weighted by Crippen LogP contribution is -1.96. The van der Waals surface area contributed by atoms with Gasteiger partial charge >= 0.3 is 5.43 Å². The lowest BCUT2D eigenvalue weighted by atomic mass is 10.1. The first kappa shape index (κ1) is 10.8. The molecular formula is C11H11ClO2. The van der Waals surface area contributed by atoms with Crippen LogP contribution in [0.4, 0.5) is 4.79 Å². The van der Waals surface area contributed by atoms with Crippen molar-refractivity contribution in [2.75, 3.05) is 0 Å². The van der Waals surface area contributed by atoms with Crippen molar-refractivity contribution in [3.05, 3.63) is 41.5 Å². The van der Waals surface area contributed by atoms with Gasteiger partial charge in [0.1, 0.15) is 5.76 Å². The molecule has 0 aliphatic carbocycles. The zero-order valence-electron chi connectivity index (χ0n) is 8.08. The number of carbonyl (C=O) groups excluding carboxylic acids is 1. The van der Waals surface area contributed by atoms with Crippen molar-refractivity contribution >= 4 is 22.8 Å². The topological polar surface area (TPSA) is 26.3 Å². The Kier molecular flexibility index (Phi) is 3.72. The second-order valence-corrected chi connectivity index (χ2v) is 3.34. The molecule has 0 unspecified atom stereocenters. The van der Waals surface area contributed by atoms with Crippen LogP contribution in [0, 0.1) is 0 Å². The Balaban J connectivity index is 3.03. The summed E-state index contributed by atoms with van der Waals surface area (Å²) in [5.74, 6) is 0.519. The van der Waals surface area contributed by atoms with Crippen LogP contribution < -0.4 is 0 Å². The molecule has 2 nitrogen and oxygen atoms in total. The van der Waals surface area contributed by atoms with Crippen LogP contribution >= 0.6 is 11.6 Å². The molecule has 0 bridgehead atoms. The molecule has 14 heavy (non-hydrogen) atoms. The molecule has 0 aliphatic rings. The Morgan fingerprint density at radius 2 is 1.79 bits per heavy atom. The molecule has 3 heteroatoms. The maximum atomic E-state index is 10.6. The van der Waals surface area contributed by atoms with E-state index in [0.717, 1.165) is 11.1 Å². The van der Waals surface area contributed by atoms with Gasteiger partial charge in [0.25, 0.3) is 0 Å². The van der Waals surface area contributed by atoms with Gasteiger partial charge in [-0.25, -0.2) is 4.79 Å². The van der Waals surface area contributed by atoms with Crippen molar-refractivity contribution in [1.82, 2.24) is 0 Å². The highest BCUT2D eigenvalue weighted by Crippen LogP contribution is 2.20. The number of halogens is 1. The molecule has 1 aromatic rings. The highest BCUT2D eigenvalue weighted by atomic mass is 35.5. The maximum Gasteiger partial charge on any atom is 0.409 e. The van der Waals surface area contributed by atoms with Crippen LogP contribution in [-0.4, -0.2) is 5.43 Å². The summed E-state index contributed by atoms with van der Waals surface area (Å²) in [4.78, 5) is 10.6. The first-order chi connectivity index (χ1) is 6.61. The summed E-state index contributed by atoms with van der Waals surface area (Å²) in [5, 5.41) is 0. The molecule has 1 rings (SSSR count). The number of hydrogen-bond donors (Lipinski definition) is 0. The average Bonchev–Trinajstić information content (AvgIpc) is 2.15. The predicted molar refractivity (Wildman–Crippen MR) is 57.0 cm³/mol. The standard InChI is InChI=1S/C11H11ClO2/c1-8(2)10(14-11(12)13)9-6-4-3-5-7-9/h3-7H,1-2H3. The van der Waals surface area contributed by atoms with Crippen LogP contribution in [0.15, 0.2) is 35.9 Å². The van der Waals surface area contributed by atoms with Crippen LogP contribution in [0.3, 0.4) is 0 Å². The summed E-state index contributed by atoms with van der Waals surface area (Å²) in [6, 6.07) is 9.37. The van der Waals surface area contributed by atoms with Gasteiger partial charge in [-0.15, -0.1) is 0 Å². The van der Waals surface area contributed by atoms with E-state index in [1.54, 1.807) is 0 Å². The third-order valence-corrected chi connectivity index (χ3v) is 1.75. The molecule has 74 valence electrons. The smallest absolute Gasteiger partial charge is 0.409 e. The SMILES string of the molecule is CC(C)=C(OC(=O)Cl)c1ccccc1. The van der Waals surface area contributed by atoms with E-state index in [0.29, 0.717) is 5.76 Å². The number of rotatable bonds is 2. The van der Waals surface area contributed by atoms with Gasteiger partial charge in [-0.05, 0) is 19.4 Å². The van der Waals surface area contributed by atoms with Crippen LogP contribution in [-0.2, 0) is 4.74 Å². The maximum absolute atomic E-state index is 10.6. The molecule has 1 aromatic carbocycles. The van der Waals surface area contributed by atoms with Gasteiger partial charge in [-0.3, -0.25) is 0 Å². The largest absolute Gasteiger partial charge is 0.414 e. The molecule has 0 aliphatic heterocycles. The molecular weight excluding hydrogens is 200 g/mol. The second-order valence-electron chi connectivity index (χ2n) is 3.03. The lowest BCUT2D eigenvalue weighted by molar-refractivity contribution is 0.217. The van der Waals surface area contributed by atoms with Gasteiger partial charge in [0.05, 0.1) is 0 Å². The molecule has 0 fully saturated rings. The van der Waals surface area contributed by atoms with Gasteiger partial charge in [0.15, 0.2) is 0 Å². The summed E-state index contributed by atoms with van der Waals surface area (Å²) in [5.41, 5.74) is 0.941. The van der Waals surface area contributed by atoms with E-state index in [1.165, 1.54) is 0 Å². The van der Waals surface area contributed by atoms with Crippen LogP contribution in [0.25, 0.3) is 5.76 Å². The summed E-state index contributed by atoms with van der Waals surface area (Å²) in [6.45, 7) is 3.73. The Morgan fingerprint density at radius 1 is 1.21 bits per heavy atom. The molecule has 0 atom stereocenters. The summed E-state index contributed by atoms with van der Waals surface area (Å²) in [7, 11) is 0. The van der Waals surface area contributed by atoms with E-state index in [9.17, 15) is 4.79 Å². The number of benzene rings is 1. The molecule has 0 saturated heterocycles. The molecule has 0 radical (unpaired) electrons. The Hall–Kier alpha value is -1.28. The molecule has 0 saturated carbocycles. The van der Waals surface area contributed by atoms with Crippen LogP contribution in [0.1, 0.15) is 19.4 Å². The van der Waals surface area contributed by atoms with Gasteiger partial charge in [-0.2, -0.15) is 0 Å². The Labute approximate surface area is 88.1 Å². The number of hydrogen-bond acceptors (Lipinski definition) is 2. The third kappa shape index (κ3) is 2.89. The highest BCUT2D eigenvalue weighted by molar-refractivity contribution is 6.61. The summed E-state index contributed by atoms with van der Waals surface area (Å²) in [6.07, 6.45) is 0. The Morgan fingerprint density at radius 3 is 2.21 bits per heavy atom. The fourth-order valence-corrected chi connectivity index (χ4v) is 1.20.